The largest absolute Gasteiger partial charge is 0.477 e. The van der Waals surface area contributed by atoms with Crippen molar-refractivity contribution in [3.63, 3.8) is 0 Å². The number of aromatic carboxylic acids is 1. The van der Waals surface area contributed by atoms with Crippen LogP contribution in [0.5, 0.6) is 0 Å². The average molecular weight is 538 g/mol. The highest BCUT2D eigenvalue weighted by Crippen LogP contribution is 2.31. The van der Waals surface area contributed by atoms with Crippen LogP contribution in [0.25, 0.3) is 27.4 Å². The number of carboxylic acids is 1. The van der Waals surface area contributed by atoms with Crippen LogP contribution in [0.4, 0.5) is 10.2 Å². The molecule has 12 heteroatoms. The molecule has 0 atom stereocenters. The van der Waals surface area contributed by atoms with Crippen LogP contribution >= 0.6 is 11.3 Å². The van der Waals surface area contributed by atoms with Gasteiger partial charge in [0.25, 0.3) is 0 Å². The molecule has 38 heavy (non-hydrogen) atoms. The number of anilines is 1. The summed E-state index contributed by atoms with van der Waals surface area (Å²) in [6, 6.07) is 4.62. The molecule has 5 rings (SSSR count). The summed E-state index contributed by atoms with van der Waals surface area (Å²) in [6.07, 6.45) is 5.48. The number of aromatic nitrogens is 4. The minimum Gasteiger partial charge on any atom is -0.477 e. The van der Waals surface area contributed by atoms with Crippen molar-refractivity contribution < 1.29 is 23.8 Å². The maximum atomic E-state index is 15.2. The number of hydrogen-bond acceptors (Lipinski definition) is 9. The van der Waals surface area contributed by atoms with Crippen molar-refractivity contribution >= 4 is 39.9 Å². The molecule has 0 saturated carbocycles. The maximum absolute atomic E-state index is 15.2. The number of nitrogens with zero attached hydrogens (tertiary/aromatic N) is 5. The van der Waals surface area contributed by atoms with Crippen LogP contribution in [0, 0.1) is 11.7 Å². The number of carboxylic acid groups (broad SMARTS) is 1. The van der Waals surface area contributed by atoms with E-state index in [1.807, 2.05) is 13.0 Å². The molecular weight excluding hydrogens is 513 g/mol. The van der Waals surface area contributed by atoms with Crippen molar-refractivity contribution in [3.05, 3.63) is 63.8 Å². The van der Waals surface area contributed by atoms with Gasteiger partial charge in [-0.15, -0.1) is 11.3 Å². The lowest BCUT2D eigenvalue weighted by Gasteiger charge is -2.39. The fraction of sp³-hybridized carbons (Fsp3) is 0.308. The van der Waals surface area contributed by atoms with Gasteiger partial charge in [-0.05, 0) is 31.5 Å². The Kier molecular flexibility index (Phi) is 7.25. The molecule has 0 aromatic carbocycles. The molecule has 0 radical (unpaired) electrons. The molecule has 10 nitrogen and oxygen atoms in total. The van der Waals surface area contributed by atoms with E-state index < -0.39 is 22.8 Å². The first kappa shape index (κ1) is 25.6. The van der Waals surface area contributed by atoms with E-state index >= 15 is 4.39 Å². The number of halogens is 1. The van der Waals surface area contributed by atoms with Crippen molar-refractivity contribution in [2.24, 2.45) is 5.92 Å². The van der Waals surface area contributed by atoms with Gasteiger partial charge in [-0.2, -0.15) is 0 Å². The third kappa shape index (κ3) is 4.92. The van der Waals surface area contributed by atoms with E-state index in [4.69, 9.17) is 4.74 Å². The number of carbonyl (C=O) groups is 2. The molecule has 1 aliphatic heterocycles. The number of rotatable bonds is 10. The maximum Gasteiger partial charge on any atom is 0.341 e. The van der Waals surface area contributed by atoms with E-state index in [1.165, 1.54) is 15.9 Å². The van der Waals surface area contributed by atoms with Crippen LogP contribution in [0.2, 0.25) is 0 Å². The summed E-state index contributed by atoms with van der Waals surface area (Å²) in [5.41, 5.74) is 0.0894. The number of Topliss-reactive ketones (excluding diaryl/α,β-unsaturated/α-hetero) is 1. The summed E-state index contributed by atoms with van der Waals surface area (Å²) >= 11 is 1.22. The molecule has 1 N–H and O–H groups in total. The second-order valence-corrected chi connectivity index (χ2v) is 9.67. The summed E-state index contributed by atoms with van der Waals surface area (Å²) < 4.78 is 21.8. The molecule has 4 aromatic rings. The molecule has 0 spiro atoms. The molecule has 0 aliphatic carbocycles. The van der Waals surface area contributed by atoms with Crippen LogP contribution < -0.4 is 10.3 Å². The summed E-state index contributed by atoms with van der Waals surface area (Å²) in [5.74, 6) is -2.34. The van der Waals surface area contributed by atoms with Gasteiger partial charge >= 0.3 is 5.97 Å². The summed E-state index contributed by atoms with van der Waals surface area (Å²) in [4.78, 5) is 51.9. The van der Waals surface area contributed by atoms with Gasteiger partial charge in [-0.25, -0.2) is 19.2 Å². The predicted molar refractivity (Wildman–Crippen MR) is 140 cm³/mol. The van der Waals surface area contributed by atoms with Gasteiger partial charge in [-0.1, -0.05) is 0 Å². The molecule has 0 bridgehead atoms. The number of fused-ring (bicyclic) bond motifs is 1. The van der Waals surface area contributed by atoms with Gasteiger partial charge < -0.3 is 14.7 Å². The second kappa shape index (κ2) is 10.8. The van der Waals surface area contributed by atoms with Gasteiger partial charge in [0, 0.05) is 62.3 Å². The van der Waals surface area contributed by atoms with Crippen molar-refractivity contribution in [3.8, 4) is 16.4 Å². The molecule has 1 fully saturated rings. The fourth-order valence-corrected chi connectivity index (χ4v) is 5.12. The van der Waals surface area contributed by atoms with Crippen LogP contribution in [0.1, 0.15) is 30.1 Å². The Morgan fingerprint density at radius 3 is 2.82 bits per heavy atom. The quantitative estimate of drug-likeness (QED) is 0.302. The smallest absolute Gasteiger partial charge is 0.341 e. The summed E-state index contributed by atoms with van der Waals surface area (Å²) in [5, 5.41) is 11.6. The lowest BCUT2D eigenvalue weighted by atomic mass is 9.92. The average Bonchev–Trinajstić information content (AvgIpc) is 3.37. The Hall–Kier alpha value is -4.03. The Bertz CT molecular complexity index is 1570. The lowest BCUT2D eigenvalue weighted by Crippen LogP contribution is -2.51. The van der Waals surface area contributed by atoms with Crippen molar-refractivity contribution in [2.45, 2.75) is 19.8 Å². The minimum absolute atomic E-state index is 0.00358. The second-order valence-electron chi connectivity index (χ2n) is 8.84. The van der Waals surface area contributed by atoms with Crippen LogP contribution in [0.15, 0.2) is 47.0 Å². The first-order valence-corrected chi connectivity index (χ1v) is 13.0. The van der Waals surface area contributed by atoms with E-state index in [0.717, 1.165) is 17.8 Å². The SMILES string of the molecule is CCOCCCC(=O)C1CN(c2nc3c(cc2F)c(=O)c(C(=O)O)cn3-c2nc(-c3cccnc3)cs2)C1. The number of carbonyl (C=O) groups excluding carboxylic acids is 1. The van der Waals surface area contributed by atoms with E-state index in [9.17, 15) is 19.5 Å². The number of pyridine rings is 3. The zero-order chi connectivity index (χ0) is 26.8. The molecule has 1 saturated heterocycles. The van der Waals surface area contributed by atoms with Crippen molar-refractivity contribution in [1.29, 1.82) is 0 Å². The topological polar surface area (TPSA) is 128 Å². The van der Waals surface area contributed by atoms with E-state index in [0.29, 0.717) is 50.0 Å². The van der Waals surface area contributed by atoms with Gasteiger partial charge in [0.05, 0.1) is 17.0 Å². The highest BCUT2D eigenvalue weighted by molar-refractivity contribution is 7.12. The molecule has 4 aromatic heterocycles. The number of ether oxygens (including phenoxy) is 1. The zero-order valence-electron chi connectivity index (χ0n) is 20.5. The number of hydrogen-bond donors (Lipinski definition) is 1. The van der Waals surface area contributed by atoms with Gasteiger partial charge in [-0.3, -0.25) is 19.1 Å². The summed E-state index contributed by atoms with van der Waals surface area (Å²) in [6.45, 7) is 3.64. The Balaban J connectivity index is 1.49. The number of ketones is 1. The van der Waals surface area contributed by atoms with E-state index in [-0.39, 0.29) is 28.6 Å². The van der Waals surface area contributed by atoms with E-state index in [2.05, 4.69) is 15.0 Å². The summed E-state index contributed by atoms with van der Waals surface area (Å²) in [7, 11) is 0. The zero-order valence-corrected chi connectivity index (χ0v) is 21.3. The molecule has 196 valence electrons. The highest BCUT2D eigenvalue weighted by Gasteiger charge is 2.35. The van der Waals surface area contributed by atoms with Crippen molar-refractivity contribution in [1.82, 2.24) is 19.5 Å². The molecule has 0 amide bonds. The first-order valence-electron chi connectivity index (χ1n) is 12.1. The van der Waals surface area contributed by atoms with Crippen molar-refractivity contribution in [2.75, 3.05) is 31.2 Å². The lowest BCUT2D eigenvalue weighted by molar-refractivity contribution is -0.123. The third-order valence-corrected chi connectivity index (χ3v) is 7.19. The molecule has 1 aliphatic rings. The Morgan fingerprint density at radius 2 is 2.11 bits per heavy atom. The Labute approximate surface area is 220 Å². The van der Waals surface area contributed by atoms with Gasteiger partial charge in [0.2, 0.25) is 5.43 Å². The van der Waals surface area contributed by atoms with Gasteiger partial charge in [0.15, 0.2) is 22.4 Å². The normalized spacial score (nSPS) is 13.6. The van der Waals surface area contributed by atoms with Crippen LogP contribution in [-0.4, -0.2) is 62.7 Å². The monoisotopic (exact) mass is 537 g/mol. The van der Waals surface area contributed by atoms with Crippen LogP contribution in [-0.2, 0) is 9.53 Å². The minimum atomic E-state index is -1.44. The molecule has 0 unspecified atom stereocenters. The predicted octanol–water partition coefficient (Wildman–Crippen LogP) is 3.56. The molecule has 5 heterocycles. The standard InChI is InChI=1S/C26H24FN5O5S/c1-2-37-8-4-6-21(33)16-11-31(12-16)24-19(27)9-17-22(34)18(25(35)36)13-32(23(17)30-24)26-29-20(14-38-26)15-5-3-7-28-10-15/h3,5,7,9-10,13-14,16H,2,4,6,8,11-12H2,1H3,(H,35,36). The fourth-order valence-electron chi connectivity index (χ4n) is 4.31. The van der Waals surface area contributed by atoms with Gasteiger partial charge in [0.1, 0.15) is 11.3 Å². The third-order valence-electron chi connectivity index (χ3n) is 6.35. The number of thiazole rings is 1. The van der Waals surface area contributed by atoms with Crippen LogP contribution in [0.3, 0.4) is 0 Å². The Morgan fingerprint density at radius 1 is 1.29 bits per heavy atom. The van der Waals surface area contributed by atoms with E-state index in [1.54, 1.807) is 28.7 Å². The first-order chi connectivity index (χ1) is 18.4. The molecular formula is C26H24FN5O5S. The highest BCUT2D eigenvalue weighted by atomic mass is 32.1.